The molecule has 0 amide bonds. The summed E-state index contributed by atoms with van der Waals surface area (Å²) < 4.78 is 5.29. The lowest BCUT2D eigenvalue weighted by Gasteiger charge is -2.34. The zero-order valence-corrected chi connectivity index (χ0v) is 10.7. The largest absolute Gasteiger partial charge is 0.426 e. The molecule has 1 unspecified atom stereocenters. The lowest BCUT2D eigenvalue weighted by Crippen LogP contribution is -2.33. The molecule has 1 aliphatic heterocycles. The van der Waals surface area contributed by atoms with Gasteiger partial charge in [-0.2, -0.15) is 0 Å². The van der Waals surface area contributed by atoms with E-state index in [0.29, 0.717) is 6.42 Å². The number of para-hydroxylation sites is 1. The van der Waals surface area contributed by atoms with Crippen LogP contribution in [-0.4, -0.2) is 5.97 Å². The van der Waals surface area contributed by atoms with Crippen LogP contribution >= 0.6 is 0 Å². The second-order valence-corrected chi connectivity index (χ2v) is 5.16. The van der Waals surface area contributed by atoms with Crippen molar-refractivity contribution in [3.05, 3.63) is 29.8 Å². The normalized spacial score (nSPS) is 23.1. The molecule has 1 heterocycles. The molecule has 17 heavy (non-hydrogen) atoms. The Labute approximate surface area is 103 Å². The third-order valence-corrected chi connectivity index (χ3v) is 3.63. The summed E-state index contributed by atoms with van der Waals surface area (Å²) in [6.45, 7) is 4.38. The summed E-state index contributed by atoms with van der Waals surface area (Å²) in [5.74, 6) is 0.658. The average molecular weight is 232 g/mol. The summed E-state index contributed by atoms with van der Waals surface area (Å²) in [4.78, 5) is 11.7. The minimum absolute atomic E-state index is 0.0406. The quantitative estimate of drug-likeness (QED) is 0.448. The van der Waals surface area contributed by atoms with Crippen LogP contribution in [0.4, 0.5) is 0 Å². The zero-order chi connectivity index (χ0) is 12.3. The van der Waals surface area contributed by atoms with Crippen LogP contribution in [0, 0.1) is 0 Å². The highest BCUT2D eigenvalue weighted by Crippen LogP contribution is 2.42. The minimum atomic E-state index is -0.0947. The minimum Gasteiger partial charge on any atom is -0.426 e. The van der Waals surface area contributed by atoms with Gasteiger partial charge >= 0.3 is 5.97 Å². The fraction of sp³-hybridized carbons (Fsp3) is 0.533. The summed E-state index contributed by atoms with van der Waals surface area (Å²) in [6, 6.07) is 7.93. The lowest BCUT2D eigenvalue weighted by atomic mass is 9.74. The van der Waals surface area contributed by atoms with Crippen molar-refractivity contribution in [2.45, 2.75) is 51.4 Å². The van der Waals surface area contributed by atoms with Gasteiger partial charge in [0.2, 0.25) is 0 Å². The maximum absolute atomic E-state index is 11.7. The first-order valence-electron chi connectivity index (χ1n) is 6.46. The molecule has 0 saturated heterocycles. The Hall–Kier alpha value is -1.31. The van der Waals surface area contributed by atoms with E-state index in [4.69, 9.17) is 4.74 Å². The SMILES string of the molecule is CCCCCC1(C)CC(=O)Oc2ccccc21. The van der Waals surface area contributed by atoms with Gasteiger partial charge in [-0.3, -0.25) is 4.79 Å². The van der Waals surface area contributed by atoms with E-state index < -0.39 is 0 Å². The maximum Gasteiger partial charge on any atom is 0.312 e. The second kappa shape index (κ2) is 4.91. The van der Waals surface area contributed by atoms with Crippen molar-refractivity contribution in [1.29, 1.82) is 0 Å². The lowest BCUT2D eigenvalue weighted by molar-refractivity contribution is -0.137. The van der Waals surface area contributed by atoms with E-state index in [2.05, 4.69) is 19.9 Å². The second-order valence-electron chi connectivity index (χ2n) is 5.16. The van der Waals surface area contributed by atoms with Gasteiger partial charge in [-0.15, -0.1) is 0 Å². The first-order valence-corrected chi connectivity index (χ1v) is 6.46. The van der Waals surface area contributed by atoms with Crippen molar-refractivity contribution in [3.8, 4) is 5.75 Å². The van der Waals surface area contributed by atoms with Gasteiger partial charge in [-0.1, -0.05) is 51.3 Å². The van der Waals surface area contributed by atoms with Crippen LogP contribution in [0.5, 0.6) is 5.75 Å². The molecule has 0 aliphatic carbocycles. The predicted molar refractivity (Wildman–Crippen MR) is 68.2 cm³/mol. The average Bonchev–Trinajstić information content (AvgIpc) is 2.29. The van der Waals surface area contributed by atoms with Crippen LogP contribution < -0.4 is 4.74 Å². The number of hydrogen-bond donors (Lipinski definition) is 0. The summed E-state index contributed by atoms with van der Waals surface area (Å²) in [5.41, 5.74) is 1.15. The molecule has 1 aromatic rings. The number of esters is 1. The highest BCUT2D eigenvalue weighted by Gasteiger charge is 2.36. The van der Waals surface area contributed by atoms with Gasteiger partial charge in [-0.05, 0) is 12.5 Å². The van der Waals surface area contributed by atoms with E-state index in [1.807, 2.05) is 18.2 Å². The van der Waals surface area contributed by atoms with E-state index in [1.165, 1.54) is 24.8 Å². The van der Waals surface area contributed by atoms with Gasteiger partial charge in [0.25, 0.3) is 0 Å². The van der Waals surface area contributed by atoms with Crippen LogP contribution in [0.2, 0.25) is 0 Å². The molecule has 2 heteroatoms. The van der Waals surface area contributed by atoms with E-state index in [1.54, 1.807) is 0 Å². The fourth-order valence-corrected chi connectivity index (χ4v) is 2.61. The number of carbonyl (C=O) groups is 1. The topological polar surface area (TPSA) is 26.3 Å². The zero-order valence-electron chi connectivity index (χ0n) is 10.7. The fourth-order valence-electron chi connectivity index (χ4n) is 2.61. The molecule has 1 atom stereocenters. The molecule has 0 radical (unpaired) electrons. The third-order valence-electron chi connectivity index (χ3n) is 3.63. The monoisotopic (exact) mass is 232 g/mol. The van der Waals surface area contributed by atoms with E-state index >= 15 is 0 Å². The first-order chi connectivity index (χ1) is 8.15. The Morgan fingerprint density at radius 1 is 1.29 bits per heavy atom. The standard InChI is InChI=1S/C15H20O2/c1-3-4-7-10-15(2)11-14(16)17-13-9-6-5-8-12(13)15/h5-6,8-9H,3-4,7,10-11H2,1-2H3. The van der Waals surface area contributed by atoms with Gasteiger partial charge in [-0.25, -0.2) is 0 Å². The van der Waals surface area contributed by atoms with Crippen molar-refractivity contribution in [1.82, 2.24) is 0 Å². The molecule has 1 aromatic carbocycles. The van der Waals surface area contributed by atoms with Gasteiger partial charge < -0.3 is 4.74 Å². The molecule has 0 spiro atoms. The highest BCUT2D eigenvalue weighted by molar-refractivity contribution is 5.77. The Kier molecular flexibility index (Phi) is 3.51. The summed E-state index contributed by atoms with van der Waals surface area (Å²) >= 11 is 0. The number of ether oxygens (including phenoxy) is 1. The smallest absolute Gasteiger partial charge is 0.312 e. The van der Waals surface area contributed by atoms with Crippen molar-refractivity contribution in [2.24, 2.45) is 0 Å². The molecule has 92 valence electrons. The van der Waals surface area contributed by atoms with Crippen LogP contribution in [0.1, 0.15) is 51.5 Å². The first kappa shape index (κ1) is 12.2. The number of hydrogen-bond acceptors (Lipinski definition) is 2. The Bertz CT molecular complexity index is 411. The molecule has 2 rings (SSSR count). The Balaban J connectivity index is 2.24. The number of unbranched alkanes of at least 4 members (excludes halogenated alkanes) is 2. The van der Waals surface area contributed by atoms with Crippen LogP contribution in [0.25, 0.3) is 0 Å². The molecule has 0 aromatic heterocycles. The molecule has 0 bridgehead atoms. The summed E-state index contributed by atoms with van der Waals surface area (Å²) in [5, 5.41) is 0. The van der Waals surface area contributed by atoms with Crippen molar-refractivity contribution >= 4 is 5.97 Å². The van der Waals surface area contributed by atoms with Gasteiger partial charge in [0.1, 0.15) is 5.75 Å². The van der Waals surface area contributed by atoms with Gasteiger partial charge in [0.15, 0.2) is 0 Å². The van der Waals surface area contributed by atoms with Crippen molar-refractivity contribution in [3.63, 3.8) is 0 Å². The Morgan fingerprint density at radius 3 is 2.82 bits per heavy atom. The van der Waals surface area contributed by atoms with Crippen LogP contribution in [0.15, 0.2) is 24.3 Å². The van der Waals surface area contributed by atoms with E-state index in [0.717, 1.165) is 12.2 Å². The number of benzene rings is 1. The summed E-state index contributed by atoms with van der Waals surface area (Å²) in [6.07, 6.45) is 5.18. The highest BCUT2D eigenvalue weighted by atomic mass is 16.5. The molecule has 0 saturated carbocycles. The molecule has 0 N–H and O–H groups in total. The van der Waals surface area contributed by atoms with Crippen LogP contribution in [0.3, 0.4) is 0 Å². The number of fused-ring (bicyclic) bond motifs is 1. The summed E-state index contributed by atoms with van der Waals surface area (Å²) in [7, 11) is 0. The molecule has 0 fully saturated rings. The van der Waals surface area contributed by atoms with Gasteiger partial charge in [0, 0.05) is 11.0 Å². The Morgan fingerprint density at radius 2 is 2.06 bits per heavy atom. The maximum atomic E-state index is 11.7. The van der Waals surface area contributed by atoms with Crippen LogP contribution in [-0.2, 0) is 10.2 Å². The van der Waals surface area contributed by atoms with Crippen molar-refractivity contribution in [2.75, 3.05) is 0 Å². The molecular weight excluding hydrogens is 212 g/mol. The predicted octanol–water partition coefficient (Wildman–Crippen LogP) is 3.83. The molecule has 2 nitrogen and oxygen atoms in total. The van der Waals surface area contributed by atoms with E-state index in [9.17, 15) is 4.79 Å². The molecule has 1 aliphatic rings. The van der Waals surface area contributed by atoms with Gasteiger partial charge in [0.05, 0.1) is 6.42 Å². The number of carbonyl (C=O) groups excluding carboxylic acids is 1. The number of rotatable bonds is 4. The van der Waals surface area contributed by atoms with E-state index in [-0.39, 0.29) is 11.4 Å². The third kappa shape index (κ3) is 2.51. The molecular formula is C15H20O2. The van der Waals surface area contributed by atoms with Crippen molar-refractivity contribution < 1.29 is 9.53 Å².